The van der Waals surface area contributed by atoms with Gasteiger partial charge in [0.2, 0.25) is 0 Å². The molecule has 3 aromatic rings. The SMILES string of the molecule is Cc1ccc(C(=O)O)cc1NC(=O)c1cn2cc(F)ccc2n1. The Morgan fingerprint density at radius 1 is 1.22 bits per heavy atom. The number of imidazole rings is 1. The fraction of sp³-hybridized carbons (Fsp3) is 0.0625. The predicted octanol–water partition coefficient (Wildman–Crippen LogP) is 2.73. The Bertz CT molecular complexity index is 933. The van der Waals surface area contributed by atoms with Crippen molar-refractivity contribution in [2.75, 3.05) is 5.32 Å². The number of amides is 1. The predicted molar refractivity (Wildman–Crippen MR) is 81.2 cm³/mol. The molecule has 0 aliphatic heterocycles. The molecule has 0 spiro atoms. The normalized spacial score (nSPS) is 10.7. The monoisotopic (exact) mass is 313 g/mol. The van der Waals surface area contributed by atoms with Crippen molar-refractivity contribution in [3.8, 4) is 0 Å². The number of aryl methyl sites for hydroxylation is 1. The number of anilines is 1. The summed E-state index contributed by atoms with van der Waals surface area (Å²) in [4.78, 5) is 27.4. The number of fused-ring (bicyclic) bond motifs is 1. The molecule has 116 valence electrons. The van der Waals surface area contributed by atoms with E-state index in [1.165, 1.54) is 41.1 Å². The smallest absolute Gasteiger partial charge is 0.335 e. The summed E-state index contributed by atoms with van der Waals surface area (Å²) in [6, 6.07) is 7.16. The average molecular weight is 313 g/mol. The number of carbonyl (C=O) groups is 2. The van der Waals surface area contributed by atoms with Gasteiger partial charge in [0, 0.05) is 18.1 Å². The van der Waals surface area contributed by atoms with Gasteiger partial charge in [0.15, 0.2) is 0 Å². The number of hydrogen-bond acceptors (Lipinski definition) is 3. The van der Waals surface area contributed by atoms with Crippen LogP contribution in [0, 0.1) is 12.7 Å². The highest BCUT2D eigenvalue weighted by Crippen LogP contribution is 2.18. The molecule has 2 aromatic heterocycles. The van der Waals surface area contributed by atoms with Crippen LogP contribution in [0.15, 0.2) is 42.7 Å². The molecule has 1 amide bonds. The van der Waals surface area contributed by atoms with Gasteiger partial charge in [0.25, 0.3) is 5.91 Å². The number of pyridine rings is 1. The molecule has 0 aliphatic carbocycles. The Morgan fingerprint density at radius 3 is 2.74 bits per heavy atom. The third kappa shape index (κ3) is 2.89. The van der Waals surface area contributed by atoms with Crippen LogP contribution in [0.4, 0.5) is 10.1 Å². The van der Waals surface area contributed by atoms with E-state index >= 15 is 0 Å². The lowest BCUT2D eigenvalue weighted by molar-refractivity contribution is 0.0696. The van der Waals surface area contributed by atoms with Gasteiger partial charge in [-0.25, -0.2) is 14.2 Å². The van der Waals surface area contributed by atoms with Crippen molar-refractivity contribution in [3.63, 3.8) is 0 Å². The van der Waals surface area contributed by atoms with Crippen LogP contribution in [-0.4, -0.2) is 26.4 Å². The molecule has 0 bridgehead atoms. The minimum Gasteiger partial charge on any atom is -0.478 e. The summed E-state index contributed by atoms with van der Waals surface area (Å²) in [5.74, 6) is -2.02. The summed E-state index contributed by atoms with van der Waals surface area (Å²) in [7, 11) is 0. The van der Waals surface area contributed by atoms with Crippen molar-refractivity contribution in [2.24, 2.45) is 0 Å². The van der Waals surface area contributed by atoms with E-state index in [9.17, 15) is 14.0 Å². The Labute approximate surface area is 130 Å². The lowest BCUT2D eigenvalue weighted by Gasteiger charge is -2.08. The van der Waals surface area contributed by atoms with Crippen LogP contribution < -0.4 is 5.32 Å². The molecule has 6 nitrogen and oxygen atoms in total. The highest BCUT2D eigenvalue weighted by Gasteiger charge is 2.14. The number of carboxylic acid groups (broad SMARTS) is 1. The molecule has 0 fully saturated rings. The minimum absolute atomic E-state index is 0.0722. The second-order valence-electron chi connectivity index (χ2n) is 5.03. The number of nitrogens with one attached hydrogen (secondary N) is 1. The van der Waals surface area contributed by atoms with Crippen molar-refractivity contribution in [3.05, 3.63) is 65.4 Å². The second-order valence-corrected chi connectivity index (χ2v) is 5.03. The second kappa shape index (κ2) is 5.53. The fourth-order valence-electron chi connectivity index (χ4n) is 2.15. The highest BCUT2D eigenvalue weighted by atomic mass is 19.1. The van der Waals surface area contributed by atoms with Crippen LogP contribution >= 0.6 is 0 Å². The molecule has 0 atom stereocenters. The van der Waals surface area contributed by atoms with Crippen molar-refractivity contribution in [1.82, 2.24) is 9.38 Å². The zero-order chi connectivity index (χ0) is 16.6. The standard InChI is InChI=1S/C16H12FN3O3/c1-9-2-3-10(16(22)23)6-12(9)19-15(21)13-8-20-7-11(17)4-5-14(20)18-13/h2-8H,1H3,(H,19,21)(H,22,23). The van der Waals surface area contributed by atoms with E-state index in [1.807, 2.05) is 0 Å². The molecule has 0 saturated heterocycles. The van der Waals surface area contributed by atoms with E-state index in [0.29, 0.717) is 11.3 Å². The Kier molecular flexibility index (Phi) is 3.53. The molecule has 0 aliphatic rings. The molecule has 3 rings (SSSR count). The molecule has 0 unspecified atom stereocenters. The summed E-state index contributed by atoms with van der Waals surface area (Å²) >= 11 is 0. The summed E-state index contributed by atoms with van der Waals surface area (Å²) in [6.07, 6.45) is 2.62. The van der Waals surface area contributed by atoms with E-state index in [4.69, 9.17) is 5.11 Å². The number of aromatic carboxylic acids is 1. The molecule has 2 N–H and O–H groups in total. The first-order valence-electron chi connectivity index (χ1n) is 6.73. The van der Waals surface area contributed by atoms with E-state index < -0.39 is 17.7 Å². The van der Waals surface area contributed by atoms with Crippen molar-refractivity contribution < 1.29 is 19.1 Å². The first-order chi connectivity index (χ1) is 10.9. The van der Waals surface area contributed by atoms with E-state index in [0.717, 1.165) is 5.56 Å². The average Bonchev–Trinajstić information content (AvgIpc) is 2.92. The van der Waals surface area contributed by atoms with Gasteiger partial charge >= 0.3 is 5.97 Å². The molecule has 0 saturated carbocycles. The van der Waals surface area contributed by atoms with Gasteiger partial charge in [0.05, 0.1) is 5.56 Å². The Morgan fingerprint density at radius 2 is 2.00 bits per heavy atom. The first-order valence-corrected chi connectivity index (χ1v) is 6.73. The molecular formula is C16H12FN3O3. The van der Waals surface area contributed by atoms with Crippen LogP contribution in [0.3, 0.4) is 0 Å². The zero-order valence-electron chi connectivity index (χ0n) is 12.1. The quantitative estimate of drug-likeness (QED) is 0.779. The van der Waals surface area contributed by atoms with Crippen LogP contribution in [0.2, 0.25) is 0 Å². The first kappa shape index (κ1) is 14.7. The van der Waals surface area contributed by atoms with Gasteiger partial charge in [-0.1, -0.05) is 6.07 Å². The van der Waals surface area contributed by atoms with Gasteiger partial charge in [-0.15, -0.1) is 0 Å². The molecule has 0 radical (unpaired) electrons. The summed E-state index contributed by atoms with van der Waals surface area (Å²) in [6.45, 7) is 1.75. The zero-order valence-corrected chi connectivity index (χ0v) is 12.1. The summed E-state index contributed by atoms with van der Waals surface area (Å²) in [5, 5.41) is 11.6. The van der Waals surface area contributed by atoms with Crippen LogP contribution in [-0.2, 0) is 0 Å². The third-order valence-corrected chi connectivity index (χ3v) is 3.38. The van der Waals surface area contributed by atoms with Crippen molar-refractivity contribution >= 4 is 23.2 Å². The van der Waals surface area contributed by atoms with Crippen LogP contribution in [0.5, 0.6) is 0 Å². The van der Waals surface area contributed by atoms with Crippen LogP contribution in [0.25, 0.3) is 5.65 Å². The fourth-order valence-corrected chi connectivity index (χ4v) is 2.15. The number of benzene rings is 1. The Hall–Kier alpha value is -3.22. The van der Waals surface area contributed by atoms with Gasteiger partial charge in [-0.2, -0.15) is 0 Å². The maximum atomic E-state index is 13.2. The van der Waals surface area contributed by atoms with E-state index in [1.54, 1.807) is 13.0 Å². The number of hydrogen-bond donors (Lipinski definition) is 2. The molecule has 7 heteroatoms. The van der Waals surface area contributed by atoms with Crippen LogP contribution in [0.1, 0.15) is 26.4 Å². The topological polar surface area (TPSA) is 83.7 Å². The third-order valence-electron chi connectivity index (χ3n) is 3.38. The minimum atomic E-state index is -1.08. The van der Waals surface area contributed by atoms with Gasteiger partial charge < -0.3 is 14.8 Å². The van der Waals surface area contributed by atoms with Crippen molar-refractivity contribution in [1.29, 1.82) is 0 Å². The van der Waals surface area contributed by atoms with Gasteiger partial charge in [-0.3, -0.25) is 4.79 Å². The number of nitrogens with zero attached hydrogens (tertiary/aromatic N) is 2. The lowest BCUT2D eigenvalue weighted by Crippen LogP contribution is -2.13. The largest absolute Gasteiger partial charge is 0.478 e. The van der Waals surface area contributed by atoms with Gasteiger partial charge in [-0.05, 0) is 36.8 Å². The number of halogens is 1. The lowest BCUT2D eigenvalue weighted by atomic mass is 10.1. The molecule has 2 heterocycles. The highest BCUT2D eigenvalue weighted by molar-refractivity contribution is 6.04. The molecular weight excluding hydrogens is 301 g/mol. The molecule has 1 aromatic carbocycles. The number of rotatable bonds is 3. The maximum absolute atomic E-state index is 13.2. The molecule has 23 heavy (non-hydrogen) atoms. The maximum Gasteiger partial charge on any atom is 0.335 e. The summed E-state index contributed by atoms with van der Waals surface area (Å²) < 4.78 is 14.6. The van der Waals surface area contributed by atoms with E-state index in [-0.39, 0.29) is 11.3 Å². The Balaban J connectivity index is 1.91. The summed E-state index contributed by atoms with van der Waals surface area (Å²) in [5.41, 5.74) is 1.72. The van der Waals surface area contributed by atoms with Crippen molar-refractivity contribution in [2.45, 2.75) is 6.92 Å². The van der Waals surface area contributed by atoms with E-state index in [2.05, 4.69) is 10.3 Å². The number of carbonyl (C=O) groups excluding carboxylic acids is 1. The number of carboxylic acids is 1. The number of aromatic nitrogens is 2. The van der Waals surface area contributed by atoms with Gasteiger partial charge in [0.1, 0.15) is 17.2 Å².